The van der Waals surface area contributed by atoms with Gasteiger partial charge in [0.15, 0.2) is 0 Å². The molecule has 0 saturated heterocycles. The van der Waals surface area contributed by atoms with Crippen LogP contribution in [0, 0.1) is 10.1 Å². The lowest BCUT2D eigenvalue weighted by Crippen LogP contribution is -2.15. The van der Waals surface area contributed by atoms with E-state index in [0.717, 1.165) is 12.1 Å². The van der Waals surface area contributed by atoms with Gasteiger partial charge in [-0.1, -0.05) is 25.1 Å². The number of nitro groups is 1. The molecule has 0 unspecified atom stereocenters. The highest BCUT2D eigenvalue weighted by atomic mass is 16.6. The van der Waals surface area contributed by atoms with Crippen LogP contribution in [-0.2, 0) is 0 Å². The smallest absolute Gasteiger partial charge is 0.330 e. The fraction of sp³-hybridized carbons (Fsp3) is 0.286. The van der Waals surface area contributed by atoms with Crippen LogP contribution in [0.3, 0.4) is 0 Å². The number of nitrogens with zero attached hydrogens (tertiary/aromatic N) is 4. The van der Waals surface area contributed by atoms with Gasteiger partial charge >= 0.3 is 5.69 Å². The zero-order chi connectivity index (χ0) is 15.2. The Labute approximate surface area is 122 Å². The molecule has 0 fully saturated rings. The number of aromatic nitrogens is 2. The van der Waals surface area contributed by atoms with Crippen molar-refractivity contribution in [1.82, 2.24) is 9.97 Å². The normalized spacial score (nSPS) is 10.2. The fourth-order valence-corrected chi connectivity index (χ4v) is 1.84. The van der Waals surface area contributed by atoms with Crippen LogP contribution in [0.15, 0.2) is 36.5 Å². The summed E-state index contributed by atoms with van der Waals surface area (Å²) in [6.07, 6.45) is 2.16. The molecule has 0 aliphatic carbocycles. The van der Waals surface area contributed by atoms with Gasteiger partial charge in [-0.15, -0.1) is 0 Å². The molecule has 0 aliphatic heterocycles. The Balaban J connectivity index is 2.40. The quantitative estimate of drug-likeness (QED) is 0.649. The van der Waals surface area contributed by atoms with E-state index in [1.165, 1.54) is 6.20 Å². The van der Waals surface area contributed by atoms with Crippen LogP contribution in [0.2, 0.25) is 0 Å². The first-order valence-corrected chi connectivity index (χ1v) is 6.67. The summed E-state index contributed by atoms with van der Waals surface area (Å²) >= 11 is 0. The predicted octanol–water partition coefficient (Wildman–Crippen LogP) is 2.97. The van der Waals surface area contributed by atoms with Crippen LogP contribution >= 0.6 is 0 Å². The molecule has 0 atom stereocenters. The molecular formula is C14H17N5O2. The topological polar surface area (TPSA) is 84.2 Å². The highest BCUT2D eigenvalue weighted by Gasteiger charge is 2.21. The van der Waals surface area contributed by atoms with Gasteiger partial charge in [0.05, 0.1) is 4.92 Å². The monoisotopic (exact) mass is 287 g/mol. The van der Waals surface area contributed by atoms with Gasteiger partial charge in [0.1, 0.15) is 6.20 Å². The average Bonchev–Trinajstić information content (AvgIpc) is 2.52. The lowest BCUT2D eigenvalue weighted by Gasteiger charge is -2.18. The third-order valence-corrected chi connectivity index (χ3v) is 2.94. The maximum Gasteiger partial charge on any atom is 0.330 e. The van der Waals surface area contributed by atoms with Crippen molar-refractivity contribution in [2.75, 3.05) is 23.8 Å². The number of nitrogens with one attached hydrogen (secondary N) is 1. The first kappa shape index (κ1) is 14.7. The highest BCUT2D eigenvalue weighted by Crippen LogP contribution is 2.30. The van der Waals surface area contributed by atoms with Crippen LogP contribution in [-0.4, -0.2) is 28.5 Å². The van der Waals surface area contributed by atoms with Gasteiger partial charge in [-0.2, -0.15) is 4.98 Å². The van der Waals surface area contributed by atoms with Gasteiger partial charge in [0.2, 0.25) is 11.8 Å². The van der Waals surface area contributed by atoms with Gasteiger partial charge in [-0.05, 0) is 18.6 Å². The van der Waals surface area contributed by atoms with Gasteiger partial charge in [0, 0.05) is 19.3 Å². The average molecular weight is 287 g/mol. The summed E-state index contributed by atoms with van der Waals surface area (Å²) in [5, 5.41) is 14.2. The number of benzene rings is 1. The minimum Gasteiger partial charge on any atom is -0.354 e. The van der Waals surface area contributed by atoms with E-state index in [-0.39, 0.29) is 11.5 Å². The standard InChI is InChI=1S/C14H17N5O2/c1-3-9-15-14-16-10-12(19(20)21)13(17-14)18(2)11-7-5-4-6-8-11/h4-8,10H,3,9H2,1-2H3,(H,15,16,17). The van der Waals surface area contributed by atoms with Crippen molar-refractivity contribution in [3.63, 3.8) is 0 Å². The van der Waals surface area contributed by atoms with Crippen LogP contribution in [0.1, 0.15) is 13.3 Å². The third-order valence-electron chi connectivity index (χ3n) is 2.94. The molecule has 7 nitrogen and oxygen atoms in total. The van der Waals surface area contributed by atoms with Crippen molar-refractivity contribution >= 4 is 23.1 Å². The first-order chi connectivity index (χ1) is 10.1. The predicted molar refractivity (Wildman–Crippen MR) is 82.0 cm³/mol. The van der Waals surface area contributed by atoms with Gasteiger partial charge in [-0.25, -0.2) is 4.98 Å². The van der Waals surface area contributed by atoms with Crippen molar-refractivity contribution in [2.24, 2.45) is 0 Å². The minimum absolute atomic E-state index is 0.122. The van der Waals surface area contributed by atoms with E-state index in [1.54, 1.807) is 11.9 Å². The molecule has 21 heavy (non-hydrogen) atoms. The molecule has 0 saturated carbocycles. The largest absolute Gasteiger partial charge is 0.354 e. The first-order valence-electron chi connectivity index (χ1n) is 6.67. The number of hydrogen-bond acceptors (Lipinski definition) is 6. The van der Waals surface area contributed by atoms with Gasteiger partial charge < -0.3 is 10.2 Å². The second-order valence-electron chi connectivity index (χ2n) is 4.48. The molecule has 0 aliphatic rings. The lowest BCUT2D eigenvalue weighted by molar-refractivity contribution is -0.384. The maximum atomic E-state index is 11.2. The summed E-state index contributed by atoms with van der Waals surface area (Å²) in [5.74, 6) is 0.653. The van der Waals surface area contributed by atoms with Crippen LogP contribution in [0.25, 0.3) is 0 Å². The molecule has 7 heteroatoms. The minimum atomic E-state index is -0.474. The zero-order valence-corrected chi connectivity index (χ0v) is 12.0. The Morgan fingerprint density at radius 1 is 1.33 bits per heavy atom. The molecule has 1 N–H and O–H groups in total. The van der Waals surface area contributed by atoms with Crippen LogP contribution in [0.4, 0.5) is 23.1 Å². The zero-order valence-electron chi connectivity index (χ0n) is 12.0. The van der Waals surface area contributed by atoms with Gasteiger partial charge in [0.25, 0.3) is 0 Å². The summed E-state index contributed by atoms with van der Waals surface area (Å²) in [6.45, 7) is 2.74. The van der Waals surface area contributed by atoms with E-state index in [2.05, 4.69) is 15.3 Å². The van der Waals surface area contributed by atoms with Crippen LogP contribution in [0.5, 0.6) is 0 Å². The lowest BCUT2D eigenvalue weighted by atomic mass is 10.3. The Morgan fingerprint density at radius 3 is 2.67 bits per heavy atom. The van der Waals surface area contributed by atoms with E-state index >= 15 is 0 Å². The van der Waals surface area contributed by atoms with Crippen molar-refractivity contribution in [2.45, 2.75) is 13.3 Å². The van der Waals surface area contributed by atoms with Crippen molar-refractivity contribution in [3.8, 4) is 0 Å². The second kappa shape index (κ2) is 6.65. The van der Waals surface area contributed by atoms with E-state index in [0.29, 0.717) is 12.5 Å². The fourth-order valence-electron chi connectivity index (χ4n) is 1.84. The molecular weight excluding hydrogens is 270 g/mol. The van der Waals surface area contributed by atoms with Crippen molar-refractivity contribution in [3.05, 3.63) is 46.6 Å². The molecule has 0 amide bonds. The molecule has 0 bridgehead atoms. The number of hydrogen-bond donors (Lipinski definition) is 1. The number of anilines is 3. The SMILES string of the molecule is CCCNc1ncc([N+](=O)[O-])c(N(C)c2ccccc2)n1. The summed E-state index contributed by atoms with van der Waals surface area (Å²) in [4.78, 5) is 20.6. The van der Waals surface area contributed by atoms with Crippen LogP contribution < -0.4 is 10.2 Å². The molecule has 2 rings (SSSR count). The Kier molecular flexibility index (Phi) is 4.65. The molecule has 1 aromatic heterocycles. The van der Waals surface area contributed by atoms with Crippen molar-refractivity contribution in [1.29, 1.82) is 0 Å². The molecule has 0 radical (unpaired) electrons. The van der Waals surface area contributed by atoms with Crippen molar-refractivity contribution < 1.29 is 4.92 Å². The van der Waals surface area contributed by atoms with E-state index in [4.69, 9.17) is 0 Å². The third kappa shape index (κ3) is 3.44. The summed E-state index contributed by atoms with van der Waals surface area (Å²) < 4.78 is 0. The number of rotatable bonds is 6. The number of para-hydroxylation sites is 1. The van der Waals surface area contributed by atoms with E-state index in [1.807, 2.05) is 37.3 Å². The molecule has 110 valence electrons. The van der Waals surface area contributed by atoms with E-state index in [9.17, 15) is 10.1 Å². The molecule has 1 heterocycles. The molecule has 0 spiro atoms. The summed E-state index contributed by atoms with van der Waals surface area (Å²) in [5.41, 5.74) is 0.698. The highest BCUT2D eigenvalue weighted by molar-refractivity contribution is 5.68. The maximum absolute atomic E-state index is 11.2. The Morgan fingerprint density at radius 2 is 2.05 bits per heavy atom. The van der Waals surface area contributed by atoms with E-state index < -0.39 is 4.92 Å². The Bertz CT molecular complexity index is 618. The molecule has 2 aromatic rings. The second-order valence-corrected chi connectivity index (χ2v) is 4.48. The summed E-state index contributed by atoms with van der Waals surface area (Å²) in [7, 11) is 1.74. The Hall–Kier alpha value is -2.70. The molecule has 1 aromatic carbocycles. The summed E-state index contributed by atoms with van der Waals surface area (Å²) in [6, 6.07) is 9.36. The van der Waals surface area contributed by atoms with Gasteiger partial charge in [-0.3, -0.25) is 10.1 Å².